The van der Waals surface area contributed by atoms with Gasteiger partial charge in [-0.05, 0) is 22.3 Å². The minimum absolute atomic E-state index is 0.0231. The Hall–Kier alpha value is -3.53. The molecule has 2 unspecified atom stereocenters. The molecule has 2 aliphatic carbocycles. The lowest BCUT2D eigenvalue weighted by Gasteiger charge is -2.21. The van der Waals surface area contributed by atoms with Crippen molar-refractivity contribution in [1.29, 1.82) is 0 Å². The summed E-state index contributed by atoms with van der Waals surface area (Å²) in [5, 5.41) is 21.2. The van der Waals surface area contributed by atoms with E-state index < -0.39 is 54.4 Å². The van der Waals surface area contributed by atoms with Crippen LogP contribution < -0.4 is 5.32 Å². The summed E-state index contributed by atoms with van der Waals surface area (Å²) in [6, 6.07) is 14.2. The number of alkyl carbamates (subject to hydrolysis) is 1. The molecule has 2 aromatic rings. The topological polar surface area (TPSA) is 116 Å². The van der Waals surface area contributed by atoms with Gasteiger partial charge in [-0.2, -0.15) is 0 Å². The summed E-state index contributed by atoms with van der Waals surface area (Å²) in [6.07, 6.45) is -2.16. The fourth-order valence-corrected chi connectivity index (χ4v) is 5.29. The number of likely N-dealkylation sites (tertiary alicyclic amines) is 1. The van der Waals surface area contributed by atoms with Crippen LogP contribution in [0, 0.1) is 11.8 Å². The molecule has 0 spiro atoms. The van der Waals surface area contributed by atoms with Gasteiger partial charge in [-0.1, -0.05) is 48.5 Å². The Morgan fingerprint density at radius 1 is 1.06 bits per heavy atom. The van der Waals surface area contributed by atoms with Gasteiger partial charge in [0.25, 0.3) is 5.92 Å². The molecule has 1 saturated carbocycles. The average Bonchev–Trinajstić information content (AvgIpc) is 3.11. The van der Waals surface area contributed by atoms with Crippen LogP contribution in [-0.2, 0) is 14.3 Å². The van der Waals surface area contributed by atoms with Crippen LogP contribution in [0.3, 0.4) is 0 Å². The number of amides is 2. The predicted octanol–water partition coefficient (Wildman–Crippen LogP) is 2.45. The Bertz CT molecular complexity index is 1140. The van der Waals surface area contributed by atoms with Crippen LogP contribution in [0.1, 0.15) is 23.5 Å². The Morgan fingerprint density at radius 2 is 1.66 bits per heavy atom. The van der Waals surface area contributed by atoms with Crippen molar-refractivity contribution in [2.24, 2.45) is 11.8 Å². The molecule has 1 heterocycles. The van der Waals surface area contributed by atoms with E-state index >= 15 is 0 Å². The summed E-state index contributed by atoms with van der Waals surface area (Å²) in [6.45, 7) is -0.779. The molecule has 4 atom stereocenters. The number of ether oxygens (including phenoxy) is 1. The third-order valence-electron chi connectivity index (χ3n) is 7.13. The molecule has 184 valence electrons. The van der Waals surface area contributed by atoms with Gasteiger partial charge in [0, 0.05) is 25.4 Å². The number of nitrogens with one attached hydrogen (secondary N) is 1. The number of aliphatic carboxylic acids is 1. The smallest absolute Gasteiger partial charge is 0.407 e. The molecule has 2 amide bonds. The highest BCUT2D eigenvalue weighted by Gasteiger charge is 2.73. The first-order valence-corrected chi connectivity index (χ1v) is 11.4. The molecule has 2 fully saturated rings. The van der Waals surface area contributed by atoms with Gasteiger partial charge < -0.3 is 25.2 Å². The van der Waals surface area contributed by atoms with E-state index in [9.17, 15) is 33.4 Å². The zero-order chi connectivity index (χ0) is 24.9. The second kappa shape index (κ2) is 8.60. The van der Waals surface area contributed by atoms with Crippen molar-refractivity contribution in [3.63, 3.8) is 0 Å². The molecule has 1 aliphatic heterocycles. The summed E-state index contributed by atoms with van der Waals surface area (Å²) >= 11 is 0. The Balaban J connectivity index is 1.18. The third kappa shape index (κ3) is 4.01. The summed E-state index contributed by atoms with van der Waals surface area (Å²) < 4.78 is 34.0. The number of fused-ring (bicyclic) bond motifs is 3. The molecule has 3 N–H and O–H groups in total. The largest absolute Gasteiger partial charge is 0.480 e. The molecule has 1 saturated heterocycles. The number of alkyl halides is 2. The molecular weight excluding hydrogens is 462 g/mol. The summed E-state index contributed by atoms with van der Waals surface area (Å²) in [5.41, 5.74) is 4.15. The highest BCUT2D eigenvalue weighted by molar-refractivity contribution is 5.89. The van der Waals surface area contributed by atoms with Gasteiger partial charge in [-0.15, -0.1) is 0 Å². The first-order valence-electron chi connectivity index (χ1n) is 11.4. The van der Waals surface area contributed by atoms with Gasteiger partial charge in [0.2, 0.25) is 5.91 Å². The minimum atomic E-state index is -3.38. The van der Waals surface area contributed by atoms with Gasteiger partial charge in [0.1, 0.15) is 18.6 Å². The maximum Gasteiger partial charge on any atom is 0.407 e. The summed E-state index contributed by atoms with van der Waals surface area (Å²) in [5.74, 6) is -9.17. The fourth-order valence-electron chi connectivity index (χ4n) is 5.29. The number of benzene rings is 2. The molecule has 8 nitrogen and oxygen atoms in total. The van der Waals surface area contributed by atoms with Gasteiger partial charge in [-0.3, -0.25) is 4.79 Å². The number of halogens is 2. The Labute approximate surface area is 199 Å². The van der Waals surface area contributed by atoms with Crippen LogP contribution in [0.5, 0.6) is 0 Å². The van der Waals surface area contributed by atoms with Crippen molar-refractivity contribution in [3.05, 3.63) is 59.7 Å². The Morgan fingerprint density at radius 3 is 2.26 bits per heavy atom. The van der Waals surface area contributed by atoms with E-state index in [4.69, 9.17) is 4.74 Å². The van der Waals surface area contributed by atoms with Crippen LogP contribution in [0.25, 0.3) is 11.1 Å². The number of carbonyl (C=O) groups excluding carboxylic acids is 2. The molecule has 0 radical (unpaired) electrons. The lowest BCUT2D eigenvalue weighted by Crippen LogP contribution is -2.42. The lowest BCUT2D eigenvalue weighted by atomic mass is 9.98. The maximum atomic E-state index is 14.4. The first kappa shape index (κ1) is 23.2. The first-order chi connectivity index (χ1) is 16.7. The highest BCUT2D eigenvalue weighted by atomic mass is 19.3. The van der Waals surface area contributed by atoms with E-state index in [1.807, 2.05) is 48.5 Å². The van der Waals surface area contributed by atoms with Crippen molar-refractivity contribution >= 4 is 18.0 Å². The quantitative estimate of drug-likeness (QED) is 0.578. The van der Waals surface area contributed by atoms with E-state index in [2.05, 4.69) is 5.32 Å². The number of carboxylic acids is 1. The molecule has 3 aliphatic rings. The lowest BCUT2D eigenvalue weighted by molar-refractivity contribution is -0.149. The van der Waals surface area contributed by atoms with Crippen LogP contribution >= 0.6 is 0 Å². The van der Waals surface area contributed by atoms with E-state index in [0.717, 1.165) is 27.2 Å². The number of hydrogen-bond acceptors (Lipinski definition) is 5. The van der Waals surface area contributed by atoms with Gasteiger partial charge in [-0.25, -0.2) is 18.4 Å². The van der Waals surface area contributed by atoms with Crippen LogP contribution in [0.15, 0.2) is 48.5 Å². The van der Waals surface area contributed by atoms with Gasteiger partial charge in [0.05, 0.1) is 12.0 Å². The molecule has 5 rings (SSSR count). The Kier molecular flexibility index (Phi) is 5.71. The van der Waals surface area contributed by atoms with Crippen molar-refractivity contribution in [3.8, 4) is 11.1 Å². The normalized spacial score (nSPS) is 26.1. The van der Waals surface area contributed by atoms with Crippen molar-refractivity contribution < 1.29 is 38.1 Å². The maximum absolute atomic E-state index is 14.4. The predicted molar refractivity (Wildman–Crippen MR) is 119 cm³/mol. The molecule has 35 heavy (non-hydrogen) atoms. The summed E-state index contributed by atoms with van der Waals surface area (Å²) in [7, 11) is 0. The summed E-state index contributed by atoms with van der Waals surface area (Å²) in [4.78, 5) is 37.0. The second-order valence-electron chi connectivity index (χ2n) is 9.20. The van der Waals surface area contributed by atoms with E-state index in [0.29, 0.717) is 0 Å². The molecule has 10 heteroatoms. The monoisotopic (exact) mass is 486 g/mol. The fraction of sp³-hybridized carbons (Fsp3) is 0.400. The number of carbonyl (C=O) groups is 3. The van der Waals surface area contributed by atoms with Gasteiger partial charge in [0.15, 0.2) is 0 Å². The molecule has 0 bridgehead atoms. The zero-order valence-electron chi connectivity index (χ0n) is 18.6. The zero-order valence-corrected chi connectivity index (χ0v) is 18.6. The highest BCUT2D eigenvalue weighted by Crippen LogP contribution is 2.56. The van der Waals surface area contributed by atoms with E-state index in [1.54, 1.807) is 0 Å². The van der Waals surface area contributed by atoms with E-state index in [-0.39, 0.29) is 25.5 Å². The van der Waals surface area contributed by atoms with Crippen LogP contribution in [0.2, 0.25) is 0 Å². The molecule has 0 aromatic heterocycles. The van der Waals surface area contributed by atoms with Crippen molar-refractivity contribution in [2.45, 2.75) is 30.4 Å². The second-order valence-corrected chi connectivity index (χ2v) is 9.20. The number of aliphatic hydroxyl groups excluding tert-OH is 1. The van der Waals surface area contributed by atoms with E-state index in [1.165, 1.54) is 0 Å². The van der Waals surface area contributed by atoms with Crippen molar-refractivity contribution in [2.75, 3.05) is 19.7 Å². The third-order valence-corrected chi connectivity index (χ3v) is 7.13. The number of hydrogen-bond donors (Lipinski definition) is 3. The van der Waals surface area contributed by atoms with Crippen LogP contribution in [-0.4, -0.2) is 70.8 Å². The minimum Gasteiger partial charge on any atom is -0.480 e. The number of rotatable bonds is 6. The van der Waals surface area contributed by atoms with Crippen LogP contribution in [0.4, 0.5) is 13.6 Å². The number of aliphatic hydroxyl groups is 1. The SMILES string of the molecule is O=C(NC[C@H]1[C@@H](C(=O)N2CC(O)CC2C(=O)O)C1(F)F)OCC1c2ccccc2-c2ccccc21. The standard InChI is InChI=1S/C25H24F2N2O6/c26-25(27)19(21(25)22(31)29-11-13(30)9-20(29)23(32)33)10-28-24(34)35-12-18-16-7-3-1-5-14(16)15-6-2-4-8-17(15)18/h1-8,13,18-21,30H,9-12H2,(H,28,34)(H,32,33)/t13?,19-,20?,21-/m0/s1. The molecule has 2 aromatic carbocycles. The number of carboxylic acid groups (broad SMARTS) is 1. The van der Waals surface area contributed by atoms with Gasteiger partial charge >= 0.3 is 12.1 Å². The number of nitrogens with zero attached hydrogens (tertiary/aromatic N) is 1. The van der Waals surface area contributed by atoms with Crippen molar-refractivity contribution in [1.82, 2.24) is 10.2 Å². The molecular formula is C25H24F2N2O6. The number of β-amino-alcohol motifs (C(OH)–C–C–N with tert-alkyl or cyclic N) is 1. The average molecular weight is 486 g/mol.